The molecule has 0 saturated heterocycles. The van der Waals surface area contributed by atoms with Crippen LogP contribution in [0.25, 0.3) is 0 Å². The fourth-order valence-corrected chi connectivity index (χ4v) is 2.65. The van der Waals surface area contributed by atoms with E-state index < -0.39 is 12.1 Å². The Morgan fingerprint density at radius 3 is 2.88 bits per heavy atom. The van der Waals surface area contributed by atoms with E-state index in [-0.39, 0.29) is 17.4 Å². The molecule has 0 fully saturated rings. The van der Waals surface area contributed by atoms with Crippen LogP contribution in [0.4, 0.5) is 18.3 Å². The Labute approximate surface area is 155 Å². The quantitative estimate of drug-likeness (QED) is 0.422. The maximum Gasteiger partial charge on any atom is 0.573 e. The van der Waals surface area contributed by atoms with Crippen LogP contribution in [0.15, 0.2) is 28.7 Å². The normalized spacial score (nSPS) is 11.6. The van der Waals surface area contributed by atoms with E-state index in [1.807, 2.05) is 0 Å². The molecule has 1 heterocycles. The van der Waals surface area contributed by atoms with Crippen LogP contribution in [0.1, 0.15) is 18.2 Å². The Morgan fingerprint density at radius 2 is 2.23 bits per heavy atom. The van der Waals surface area contributed by atoms with Crippen molar-refractivity contribution in [3.63, 3.8) is 0 Å². The van der Waals surface area contributed by atoms with Gasteiger partial charge in [-0.05, 0) is 30.7 Å². The fraction of sp³-hybridized carbons (Fsp3) is 0.267. The molecule has 26 heavy (non-hydrogen) atoms. The van der Waals surface area contributed by atoms with Crippen LogP contribution in [0, 0.1) is 0 Å². The highest BCUT2D eigenvalue weighted by Crippen LogP contribution is 2.30. The summed E-state index contributed by atoms with van der Waals surface area (Å²) in [5.41, 5.74) is 3.66. The van der Waals surface area contributed by atoms with Crippen molar-refractivity contribution < 1.29 is 27.4 Å². The van der Waals surface area contributed by atoms with Gasteiger partial charge in [-0.25, -0.2) is 4.98 Å². The molecule has 6 nitrogen and oxygen atoms in total. The number of benzene rings is 1. The molecule has 0 aliphatic rings. The number of hydrogen-bond donors (Lipinski definition) is 1. The van der Waals surface area contributed by atoms with E-state index in [9.17, 15) is 18.0 Å². The fourth-order valence-electron chi connectivity index (χ4n) is 1.77. The number of alkyl halides is 3. The second-order valence-electron chi connectivity index (χ2n) is 4.73. The Morgan fingerprint density at radius 1 is 1.46 bits per heavy atom. The highest BCUT2D eigenvalue weighted by atomic mass is 35.5. The summed E-state index contributed by atoms with van der Waals surface area (Å²) in [6.07, 6.45) is -3.39. The summed E-state index contributed by atoms with van der Waals surface area (Å²) in [7, 11) is 0. The van der Waals surface area contributed by atoms with E-state index in [1.54, 1.807) is 12.3 Å². The number of halogens is 4. The molecule has 0 amide bonds. The van der Waals surface area contributed by atoms with Gasteiger partial charge in [0.2, 0.25) is 5.13 Å². The number of carbonyl (C=O) groups is 1. The highest BCUT2D eigenvalue weighted by molar-refractivity contribution is 7.13. The third kappa shape index (κ3) is 6.52. The van der Waals surface area contributed by atoms with Crippen molar-refractivity contribution in [2.24, 2.45) is 5.10 Å². The predicted molar refractivity (Wildman–Crippen MR) is 91.8 cm³/mol. The van der Waals surface area contributed by atoms with Crippen LogP contribution in [-0.4, -0.2) is 30.1 Å². The molecule has 1 aromatic carbocycles. The van der Waals surface area contributed by atoms with Gasteiger partial charge in [0.15, 0.2) is 0 Å². The van der Waals surface area contributed by atoms with Gasteiger partial charge in [0.25, 0.3) is 0 Å². The molecule has 1 N–H and O–H groups in total. The number of hydrogen-bond acceptors (Lipinski definition) is 7. The summed E-state index contributed by atoms with van der Waals surface area (Å²) in [4.78, 5) is 15.5. The standard InChI is InChI=1S/C15H13ClF3N3O3S/c1-2-24-13(23)6-10-8-26-14(21-10)22-20-7-9-3-4-12(11(16)5-9)25-15(17,18)19/h3-5,7-8H,2,6H2,1H3,(H,21,22). The maximum atomic E-state index is 12.2. The van der Waals surface area contributed by atoms with Crippen LogP contribution < -0.4 is 10.2 Å². The molecule has 11 heteroatoms. The van der Waals surface area contributed by atoms with Crippen LogP contribution in [-0.2, 0) is 16.0 Å². The number of nitrogens with zero attached hydrogens (tertiary/aromatic N) is 2. The summed E-state index contributed by atoms with van der Waals surface area (Å²) in [5.74, 6) is -0.864. The lowest BCUT2D eigenvalue weighted by atomic mass is 10.2. The van der Waals surface area contributed by atoms with Crippen molar-refractivity contribution in [2.45, 2.75) is 19.7 Å². The topological polar surface area (TPSA) is 72.8 Å². The number of nitrogens with one attached hydrogen (secondary N) is 1. The number of ether oxygens (including phenoxy) is 2. The Bertz CT molecular complexity index is 796. The zero-order chi connectivity index (χ0) is 19.2. The first-order valence-electron chi connectivity index (χ1n) is 7.21. The number of esters is 1. The van der Waals surface area contributed by atoms with Crippen LogP contribution in [0.3, 0.4) is 0 Å². The Balaban J connectivity index is 1.93. The van der Waals surface area contributed by atoms with Crippen molar-refractivity contribution in [1.82, 2.24) is 4.98 Å². The SMILES string of the molecule is CCOC(=O)Cc1csc(NN=Cc2ccc(OC(F)(F)F)c(Cl)c2)n1. The van der Waals surface area contributed by atoms with E-state index in [4.69, 9.17) is 16.3 Å². The predicted octanol–water partition coefficient (Wildman–Crippen LogP) is 4.25. The van der Waals surface area contributed by atoms with Gasteiger partial charge in [0, 0.05) is 5.38 Å². The van der Waals surface area contributed by atoms with Crippen molar-refractivity contribution in [3.8, 4) is 5.75 Å². The molecule has 0 aliphatic heterocycles. The summed E-state index contributed by atoms with van der Waals surface area (Å²) >= 11 is 6.99. The third-order valence-electron chi connectivity index (χ3n) is 2.74. The largest absolute Gasteiger partial charge is 0.573 e. The lowest BCUT2D eigenvalue weighted by Crippen LogP contribution is -2.17. The van der Waals surface area contributed by atoms with Crippen LogP contribution in [0.5, 0.6) is 5.75 Å². The Hall–Kier alpha value is -2.33. The number of hydrazone groups is 1. The van der Waals surface area contributed by atoms with Gasteiger partial charge in [0.05, 0.1) is 30.0 Å². The molecule has 0 spiro atoms. The van der Waals surface area contributed by atoms with Gasteiger partial charge in [-0.15, -0.1) is 24.5 Å². The second-order valence-corrected chi connectivity index (χ2v) is 6.00. The van der Waals surface area contributed by atoms with E-state index in [2.05, 4.69) is 20.2 Å². The first kappa shape index (κ1) is 20.0. The monoisotopic (exact) mass is 407 g/mol. The zero-order valence-corrected chi connectivity index (χ0v) is 14.9. The number of rotatable bonds is 7. The van der Waals surface area contributed by atoms with Gasteiger partial charge >= 0.3 is 12.3 Å². The molecule has 0 aliphatic carbocycles. The average Bonchev–Trinajstić information content (AvgIpc) is 2.96. The molecule has 2 aromatic rings. The molecule has 0 bridgehead atoms. The molecule has 0 atom stereocenters. The van der Waals surface area contributed by atoms with Gasteiger partial charge in [-0.3, -0.25) is 10.2 Å². The Kier molecular flexibility index (Phi) is 6.81. The summed E-state index contributed by atoms with van der Waals surface area (Å²) in [5, 5.41) is 5.86. The van der Waals surface area contributed by atoms with Gasteiger partial charge in [-0.2, -0.15) is 5.10 Å². The molecule has 0 saturated carbocycles. The van der Waals surface area contributed by atoms with Crippen molar-refractivity contribution in [3.05, 3.63) is 39.9 Å². The van der Waals surface area contributed by atoms with Gasteiger partial charge in [0.1, 0.15) is 5.75 Å². The number of aromatic nitrogens is 1. The number of thiazole rings is 1. The maximum absolute atomic E-state index is 12.2. The lowest BCUT2D eigenvalue weighted by molar-refractivity contribution is -0.274. The molecular formula is C15H13ClF3N3O3S. The summed E-state index contributed by atoms with van der Waals surface area (Å²) < 4.78 is 45.2. The highest BCUT2D eigenvalue weighted by Gasteiger charge is 2.31. The second kappa shape index (κ2) is 8.86. The van der Waals surface area contributed by atoms with E-state index in [0.29, 0.717) is 23.0 Å². The van der Waals surface area contributed by atoms with Gasteiger partial charge < -0.3 is 9.47 Å². The number of anilines is 1. The van der Waals surface area contributed by atoms with E-state index >= 15 is 0 Å². The summed E-state index contributed by atoms with van der Waals surface area (Å²) in [6, 6.07) is 3.74. The van der Waals surface area contributed by atoms with Crippen molar-refractivity contribution in [1.29, 1.82) is 0 Å². The molecular weight excluding hydrogens is 395 g/mol. The first-order chi connectivity index (χ1) is 12.3. The zero-order valence-electron chi connectivity index (χ0n) is 13.3. The van der Waals surface area contributed by atoms with Gasteiger partial charge in [-0.1, -0.05) is 11.6 Å². The van der Waals surface area contributed by atoms with Crippen molar-refractivity contribution in [2.75, 3.05) is 12.0 Å². The number of carbonyl (C=O) groups excluding carboxylic acids is 1. The van der Waals surface area contributed by atoms with Crippen LogP contribution >= 0.6 is 22.9 Å². The minimum atomic E-state index is -4.81. The average molecular weight is 408 g/mol. The van der Waals surface area contributed by atoms with E-state index in [0.717, 1.165) is 6.07 Å². The molecule has 0 radical (unpaired) electrons. The summed E-state index contributed by atoms with van der Waals surface area (Å²) in [6.45, 7) is 2.02. The molecule has 0 unspecified atom stereocenters. The minimum Gasteiger partial charge on any atom is -0.466 e. The molecule has 140 valence electrons. The van der Waals surface area contributed by atoms with E-state index in [1.165, 1.54) is 29.7 Å². The van der Waals surface area contributed by atoms with Crippen molar-refractivity contribution >= 4 is 40.3 Å². The third-order valence-corrected chi connectivity index (χ3v) is 3.83. The molecule has 2 rings (SSSR count). The minimum absolute atomic E-state index is 0.0615. The lowest BCUT2D eigenvalue weighted by Gasteiger charge is -2.10. The smallest absolute Gasteiger partial charge is 0.466 e. The molecule has 1 aromatic heterocycles. The first-order valence-corrected chi connectivity index (χ1v) is 8.47. The van der Waals surface area contributed by atoms with Crippen LogP contribution in [0.2, 0.25) is 5.02 Å².